The SMILES string of the molecule is C=C(NC)c1cccc(-c2ccccc2COc2nc3oc(=O)cc(CC)c3c(=O)[nH]2)c1. The van der Waals surface area contributed by atoms with Crippen LogP contribution in [0.2, 0.25) is 0 Å². The lowest BCUT2D eigenvalue weighted by atomic mass is 9.98. The van der Waals surface area contributed by atoms with Gasteiger partial charge in [-0.25, -0.2) is 4.79 Å². The third-order valence-electron chi connectivity index (χ3n) is 5.26. The summed E-state index contributed by atoms with van der Waals surface area (Å²) in [4.78, 5) is 31.2. The van der Waals surface area contributed by atoms with Crippen LogP contribution in [0.1, 0.15) is 23.6 Å². The maximum atomic E-state index is 12.6. The molecule has 2 aromatic carbocycles. The molecule has 0 aliphatic carbocycles. The van der Waals surface area contributed by atoms with Gasteiger partial charge in [-0.1, -0.05) is 56.0 Å². The molecule has 2 aromatic heterocycles. The van der Waals surface area contributed by atoms with Gasteiger partial charge in [0, 0.05) is 18.8 Å². The predicted octanol–water partition coefficient (Wildman–Crippen LogP) is 3.87. The average Bonchev–Trinajstić information content (AvgIpc) is 2.81. The highest BCUT2D eigenvalue weighted by Crippen LogP contribution is 2.27. The Morgan fingerprint density at radius 1 is 1.12 bits per heavy atom. The summed E-state index contributed by atoms with van der Waals surface area (Å²) >= 11 is 0. The molecule has 0 saturated heterocycles. The number of benzene rings is 2. The van der Waals surface area contributed by atoms with E-state index in [1.807, 2.05) is 56.4 Å². The Balaban J connectivity index is 1.66. The largest absolute Gasteiger partial charge is 0.460 e. The predicted molar refractivity (Wildman–Crippen MR) is 125 cm³/mol. The number of aryl methyl sites for hydroxylation is 1. The fourth-order valence-corrected chi connectivity index (χ4v) is 3.57. The van der Waals surface area contributed by atoms with E-state index < -0.39 is 11.2 Å². The molecule has 0 unspecified atom stereocenters. The summed E-state index contributed by atoms with van der Waals surface area (Å²) in [5.41, 5.74) is 4.33. The van der Waals surface area contributed by atoms with Gasteiger partial charge in [0.05, 0.1) is 0 Å². The number of hydrogen-bond donors (Lipinski definition) is 2. The maximum absolute atomic E-state index is 12.6. The number of aromatic nitrogens is 2. The minimum Gasteiger partial charge on any atom is -0.460 e. The van der Waals surface area contributed by atoms with Gasteiger partial charge < -0.3 is 14.5 Å². The van der Waals surface area contributed by atoms with Crippen molar-refractivity contribution in [2.45, 2.75) is 20.0 Å². The van der Waals surface area contributed by atoms with Crippen molar-refractivity contribution in [2.75, 3.05) is 7.05 Å². The van der Waals surface area contributed by atoms with Gasteiger partial charge in [0.25, 0.3) is 11.6 Å². The second-order valence-electron chi connectivity index (χ2n) is 7.25. The Morgan fingerprint density at radius 3 is 2.72 bits per heavy atom. The molecule has 4 aromatic rings. The normalized spacial score (nSPS) is 10.8. The third kappa shape index (κ3) is 4.18. The van der Waals surface area contributed by atoms with Crippen molar-refractivity contribution in [3.8, 4) is 17.1 Å². The van der Waals surface area contributed by atoms with Crippen molar-refractivity contribution in [3.63, 3.8) is 0 Å². The zero-order valence-corrected chi connectivity index (χ0v) is 17.9. The molecular weight excluding hydrogens is 406 g/mol. The molecule has 0 atom stereocenters. The van der Waals surface area contributed by atoms with Crippen molar-refractivity contribution in [3.05, 3.63) is 98.6 Å². The topological polar surface area (TPSA) is 97.2 Å². The van der Waals surface area contributed by atoms with E-state index in [2.05, 4.69) is 27.9 Å². The van der Waals surface area contributed by atoms with Gasteiger partial charge in [0.15, 0.2) is 0 Å². The standard InChI is InChI=1S/C25H23N3O4/c1-4-16-13-21(29)32-24-22(16)23(30)27-25(28-24)31-14-19-8-5-6-11-20(19)18-10-7-9-17(12-18)15(2)26-3/h5-13,26H,2,4,14H2,1,3H3,(H,27,28,30). The first-order chi connectivity index (χ1) is 15.5. The Labute approximate surface area is 184 Å². The molecule has 0 fully saturated rings. The fourth-order valence-electron chi connectivity index (χ4n) is 3.57. The van der Waals surface area contributed by atoms with E-state index in [1.165, 1.54) is 6.07 Å². The van der Waals surface area contributed by atoms with Crippen molar-refractivity contribution in [1.29, 1.82) is 0 Å². The molecule has 7 heteroatoms. The van der Waals surface area contributed by atoms with Gasteiger partial charge in [0.2, 0.25) is 5.71 Å². The van der Waals surface area contributed by atoms with E-state index in [4.69, 9.17) is 9.15 Å². The Hall–Kier alpha value is -4.13. The average molecular weight is 429 g/mol. The molecule has 0 aliphatic heterocycles. The van der Waals surface area contributed by atoms with Crippen LogP contribution in [0.15, 0.2) is 75.2 Å². The van der Waals surface area contributed by atoms with Crippen LogP contribution in [0.5, 0.6) is 6.01 Å². The zero-order chi connectivity index (χ0) is 22.7. The second-order valence-corrected chi connectivity index (χ2v) is 7.25. The number of ether oxygens (including phenoxy) is 1. The first-order valence-electron chi connectivity index (χ1n) is 10.3. The van der Waals surface area contributed by atoms with Gasteiger partial charge >= 0.3 is 5.63 Å². The number of H-pyrrole nitrogens is 1. The molecule has 162 valence electrons. The van der Waals surface area contributed by atoms with E-state index in [0.29, 0.717) is 12.0 Å². The zero-order valence-electron chi connectivity index (χ0n) is 17.9. The van der Waals surface area contributed by atoms with Gasteiger partial charge in [-0.3, -0.25) is 9.78 Å². The van der Waals surface area contributed by atoms with E-state index in [1.54, 1.807) is 0 Å². The number of hydrogen-bond acceptors (Lipinski definition) is 6. The lowest BCUT2D eigenvalue weighted by Gasteiger charge is -2.13. The van der Waals surface area contributed by atoms with Gasteiger partial charge in [0.1, 0.15) is 12.0 Å². The molecule has 2 N–H and O–H groups in total. The number of nitrogens with one attached hydrogen (secondary N) is 2. The summed E-state index contributed by atoms with van der Waals surface area (Å²) in [6, 6.07) is 17.2. The van der Waals surface area contributed by atoms with Crippen molar-refractivity contribution < 1.29 is 9.15 Å². The molecule has 0 radical (unpaired) electrons. The molecule has 0 aliphatic rings. The fraction of sp³-hybridized carbons (Fsp3) is 0.160. The smallest absolute Gasteiger partial charge is 0.337 e. The Kier molecular flexibility index (Phi) is 5.89. The van der Waals surface area contributed by atoms with Crippen LogP contribution < -0.4 is 21.2 Å². The Morgan fingerprint density at radius 2 is 1.94 bits per heavy atom. The first kappa shape index (κ1) is 21.1. The van der Waals surface area contributed by atoms with Crippen molar-refractivity contribution in [1.82, 2.24) is 15.3 Å². The van der Waals surface area contributed by atoms with E-state index in [0.717, 1.165) is 28.0 Å². The minimum atomic E-state index is -0.549. The van der Waals surface area contributed by atoms with Crippen molar-refractivity contribution in [2.24, 2.45) is 0 Å². The molecule has 2 heterocycles. The summed E-state index contributed by atoms with van der Waals surface area (Å²) in [6.07, 6.45) is 0.513. The van der Waals surface area contributed by atoms with Crippen LogP contribution in [0.4, 0.5) is 0 Å². The second kappa shape index (κ2) is 8.93. The van der Waals surface area contributed by atoms with E-state index in [9.17, 15) is 9.59 Å². The minimum absolute atomic E-state index is 0.00832. The van der Waals surface area contributed by atoms with Crippen LogP contribution in [0, 0.1) is 0 Å². The maximum Gasteiger partial charge on any atom is 0.337 e. The number of fused-ring (bicyclic) bond motifs is 1. The highest BCUT2D eigenvalue weighted by Gasteiger charge is 2.13. The van der Waals surface area contributed by atoms with Gasteiger partial charge in [-0.05, 0) is 40.3 Å². The van der Waals surface area contributed by atoms with Crippen LogP contribution in [-0.2, 0) is 13.0 Å². The molecule has 0 bridgehead atoms. The van der Waals surface area contributed by atoms with Gasteiger partial charge in [-0.2, -0.15) is 4.98 Å². The number of aromatic amines is 1. The number of nitrogens with zero attached hydrogens (tertiary/aromatic N) is 1. The molecule has 32 heavy (non-hydrogen) atoms. The number of rotatable bonds is 7. The quantitative estimate of drug-likeness (QED) is 0.463. The van der Waals surface area contributed by atoms with E-state index >= 15 is 0 Å². The van der Waals surface area contributed by atoms with Crippen molar-refractivity contribution >= 4 is 16.8 Å². The summed E-state index contributed by atoms with van der Waals surface area (Å²) < 4.78 is 10.9. The monoisotopic (exact) mass is 429 g/mol. The van der Waals surface area contributed by atoms with Crippen LogP contribution >= 0.6 is 0 Å². The summed E-state index contributed by atoms with van der Waals surface area (Å²) in [5.74, 6) is 0. The molecule has 4 rings (SSSR count). The summed E-state index contributed by atoms with van der Waals surface area (Å²) in [6.45, 7) is 6.04. The first-order valence-corrected chi connectivity index (χ1v) is 10.3. The highest BCUT2D eigenvalue weighted by molar-refractivity contribution is 5.76. The molecule has 0 amide bonds. The van der Waals surface area contributed by atoms with E-state index in [-0.39, 0.29) is 23.7 Å². The lowest BCUT2D eigenvalue weighted by molar-refractivity contribution is 0.280. The molecule has 0 spiro atoms. The lowest BCUT2D eigenvalue weighted by Crippen LogP contribution is -2.15. The summed E-state index contributed by atoms with van der Waals surface area (Å²) in [5, 5.41) is 3.33. The Bertz CT molecular complexity index is 1420. The van der Waals surface area contributed by atoms with Crippen LogP contribution in [-0.4, -0.2) is 17.0 Å². The molecular formula is C25H23N3O4. The molecule has 0 saturated carbocycles. The highest BCUT2D eigenvalue weighted by atomic mass is 16.5. The van der Waals surface area contributed by atoms with Crippen LogP contribution in [0.25, 0.3) is 27.9 Å². The summed E-state index contributed by atoms with van der Waals surface area (Å²) in [7, 11) is 1.83. The molecule has 7 nitrogen and oxygen atoms in total. The third-order valence-corrected chi connectivity index (χ3v) is 5.26. The van der Waals surface area contributed by atoms with Crippen LogP contribution in [0.3, 0.4) is 0 Å². The van der Waals surface area contributed by atoms with Gasteiger partial charge in [-0.15, -0.1) is 0 Å².